The Hall–Kier alpha value is -1.00. The highest BCUT2D eigenvalue weighted by Crippen LogP contribution is 2.20. The Morgan fingerprint density at radius 3 is 2.31 bits per heavy atom. The predicted molar refractivity (Wildman–Crippen MR) is 65.8 cm³/mol. The zero-order valence-corrected chi connectivity index (χ0v) is 10.2. The highest BCUT2D eigenvalue weighted by Gasteiger charge is 2.09. The Labute approximate surface area is 99.5 Å². The number of carboxylic acid groups (broad SMARTS) is 1. The van der Waals surface area contributed by atoms with Crippen molar-refractivity contribution in [1.29, 1.82) is 0 Å². The number of aliphatic hydroxyl groups excluding tert-OH is 1. The maximum atomic E-state index is 10.6. The lowest BCUT2D eigenvalue weighted by Crippen LogP contribution is -2.15. The molecule has 88 valence electrons. The van der Waals surface area contributed by atoms with E-state index in [1.807, 2.05) is 19.1 Å². The van der Waals surface area contributed by atoms with Crippen LogP contribution in [-0.2, 0) is 5.75 Å². The van der Waals surface area contributed by atoms with Crippen LogP contribution >= 0.6 is 11.8 Å². The van der Waals surface area contributed by atoms with Crippen LogP contribution in [0.3, 0.4) is 0 Å². The number of carbonyl (C=O) groups is 1. The number of thioether (sulfide) groups is 1. The molecule has 0 amide bonds. The molecule has 0 aliphatic rings. The van der Waals surface area contributed by atoms with Gasteiger partial charge in [0.15, 0.2) is 0 Å². The van der Waals surface area contributed by atoms with E-state index in [1.54, 1.807) is 30.8 Å². The van der Waals surface area contributed by atoms with Crippen LogP contribution in [0.25, 0.3) is 0 Å². The van der Waals surface area contributed by atoms with Crippen molar-refractivity contribution < 1.29 is 15.0 Å². The van der Waals surface area contributed by atoms with Crippen molar-refractivity contribution in [2.24, 2.45) is 0 Å². The summed E-state index contributed by atoms with van der Waals surface area (Å²) in [7, 11) is 0. The lowest BCUT2D eigenvalue weighted by Gasteiger charge is -2.13. The fourth-order valence-corrected chi connectivity index (χ4v) is 2.04. The highest BCUT2D eigenvalue weighted by molar-refractivity contribution is 7.99. The zero-order valence-electron chi connectivity index (χ0n) is 9.38. The minimum atomic E-state index is -0.906. The number of benzene rings is 1. The van der Waals surface area contributed by atoms with Gasteiger partial charge in [-0.2, -0.15) is 11.8 Å². The number of hydrogen-bond acceptors (Lipinski definition) is 3. The fraction of sp³-hybridized carbons (Fsp3) is 0.417. The Bertz CT molecular complexity index is 346. The highest BCUT2D eigenvalue weighted by atomic mass is 32.2. The average Bonchev–Trinajstić information content (AvgIpc) is 2.26. The van der Waals surface area contributed by atoms with E-state index in [0.29, 0.717) is 5.56 Å². The molecule has 0 aliphatic heterocycles. The summed E-state index contributed by atoms with van der Waals surface area (Å²) in [6.45, 7) is 3.74. The SMILES string of the molecule is CC(O)C(C)SCc1ccc(C(=O)O)cc1. The van der Waals surface area contributed by atoms with Crippen molar-refractivity contribution in [3.8, 4) is 0 Å². The molecule has 0 bridgehead atoms. The molecule has 1 aromatic rings. The van der Waals surface area contributed by atoms with E-state index in [4.69, 9.17) is 5.11 Å². The molecule has 4 heteroatoms. The first kappa shape index (κ1) is 13.1. The molecular weight excluding hydrogens is 224 g/mol. The quantitative estimate of drug-likeness (QED) is 0.829. The number of rotatable bonds is 5. The van der Waals surface area contributed by atoms with Gasteiger partial charge in [-0.05, 0) is 24.6 Å². The minimum Gasteiger partial charge on any atom is -0.478 e. The Balaban J connectivity index is 2.53. The summed E-state index contributed by atoms with van der Waals surface area (Å²) in [6, 6.07) is 6.83. The van der Waals surface area contributed by atoms with Gasteiger partial charge >= 0.3 is 5.97 Å². The van der Waals surface area contributed by atoms with Crippen molar-refractivity contribution in [3.63, 3.8) is 0 Å². The molecular formula is C12H16O3S. The van der Waals surface area contributed by atoms with Crippen LogP contribution in [0.5, 0.6) is 0 Å². The first-order valence-electron chi connectivity index (χ1n) is 5.12. The van der Waals surface area contributed by atoms with E-state index >= 15 is 0 Å². The van der Waals surface area contributed by atoms with Crippen molar-refractivity contribution in [3.05, 3.63) is 35.4 Å². The molecule has 0 aliphatic carbocycles. The molecule has 0 fully saturated rings. The molecule has 2 atom stereocenters. The summed E-state index contributed by atoms with van der Waals surface area (Å²) in [5.74, 6) is -0.122. The number of aliphatic hydroxyl groups is 1. The predicted octanol–water partition coefficient (Wildman–Crippen LogP) is 2.39. The Morgan fingerprint density at radius 2 is 1.88 bits per heavy atom. The van der Waals surface area contributed by atoms with E-state index in [2.05, 4.69) is 0 Å². The molecule has 0 radical (unpaired) electrons. The molecule has 0 spiro atoms. The molecule has 0 saturated carbocycles. The molecule has 0 saturated heterocycles. The van der Waals surface area contributed by atoms with Crippen LogP contribution in [-0.4, -0.2) is 27.5 Å². The standard InChI is InChI=1S/C12H16O3S/c1-8(13)9(2)16-7-10-3-5-11(6-4-10)12(14)15/h3-6,8-9,13H,7H2,1-2H3,(H,14,15). The van der Waals surface area contributed by atoms with Crippen LogP contribution in [0.1, 0.15) is 29.8 Å². The van der Waals surface area contributed by atoms with Gasteiger partial charge in [-0.1, -0.05) is 19.1 Å². The second kappa shape index (κ2) is 5.92. The van der Waals surface area contributed by atoms with Crippen LogP contribution in [0.2, 0.25) is 0 Å². The van der Waals surface area contributed by atoms with Gasteiger partial charge in [0.1, 0.15) is 0 Å². The second-order valence-electron chi connectivity index (χ2n) is 3.76. The lowest BCUT2D eigenvalue weighted by atomic mass is 10.1. The van der Waals surface area contributed by atoms with E-state index in [0.717, 1.165) is 11.3 Å². The van der Waals surface area contributed by atoms with Crippen LogP contribution < -0.4 is 0 Å². The third kappa shape index (κ3) is 3.87. The second-order valence-corrected chi connectivity index (χ2v) is 5.12. The van der Waals surface area contributed by atoms with Crippen LogP contribution in [0.4, 0.5) is 0 Å². The molecule has 3 nitrogen and oxygen atoms in total. The summed E-state index contributed by atoms with van der Waals surface area (Å²) in [6.07, 6.45) is -0.330. The first-order valence-corrected chi connectivity index (χ1v) is 6.17. The third-order valence-corrected chi connectivity index (χ3v) is 3.81. The molecule has 1 aromatic carbocycles. The van der Waals surface area contributed by atoms with Crippen molar-refractivity contribution in [1.82, 2.24) is 0 Å². The van der Waals surface area contributed by atoms with Gasteiger partial charge < -0.3 is 10.2 Å². The first-order chi connectivity index (χ1) is 7.50. The van der Waals surface area contributed by atoms with Crippen LogP contribution in [0, 0.1) is 0 Å². The summed E-state index contributed by atoms with van der Waals surface area (Å²) < 4.78 is 0. The average molecular weight is 240 g/mol. The van der Waals surface area contributed by atoms with Gasteiger partial charge in [-0.3, -0.25) is 0 Å². The molecule has 2 unspecified atom stereocenters. The van der Waals surface area contributed by atoms with Gasteiger partial charge in [0.25, 0.3) is 0 Å². The maximum Gasteiger partial charge on any atom is 0.335 e. The Kier molecular flexibility index (Phi) is 4.83. The van der Waals surface area contributed by atoms with Gasteiger partial charge in [-0.15, -0.1) is 0 Å². The monoisotopic (exact) mass is 240 g/mol. The van der Waals surface area contributed by atoms with Crippen LogP contribution in [0.15, 0.2) is 24.3 Å². The normalized spacial score (nSPS) is 14.4. The van der Waals surface area contributed by atoms with Crippen molar-refractivity contribution >= 4 is 17.7 Å². The topological polar surface area (TPSA) is 57.5 Å². The summed E-state index contributed by atoms with van der Waals surface area (Å²) in [5, 5.41) is 18.2. The summed E-state index contributed by atoms with van der Waals surface area (Å²) >= 11 is 1.65. The van der Waals surface area contributed by atoms with Crippen molar-refractivity contribution in [2.45, 2.75) is 31.0 Å². The van der Waals surface area contributed by atoms with Gasteiger partial charge in [-0.25, -0.2) is 4.79 Å². The molecule has 0 heterocycles. The van der Waals surface area contributed by atoms with Gasteiger partial charge in [0.05, 0.1) is 11.7 Å². The van der Waals surface area contributed by atoms with E-state index in [1.165, 1.54) is 0 Å². The van der Waals surface area contributed by atoms with Crippen molar-refractivity contribution in [2.75, 3.05) is 0 Å². The largest absolute Gasteiger partial charge is 0.478 e. The molecule has 0 aromatic heterocycles. The minimum absolute atomic E-state index is 0.180. The number of hydrogen-bond donors (Lipinski definition) is 2. The summed E-state index contributed by atoms with van der Waals surface area (Å²) in [5.41, 5.74) is 1.37. The van der Waals surface area contributed by atoms with E-state index in [-0.39, 0.29) is 11.4 Å². The number of carboxylic acids is 1. The van der Waals surface area contributed by atoms with Gasteiger partial charge in [0.2, 0.25) is 0 Å². The lowest BCUT2D eigenvalue weighted by molar-refractivity contribution is 0.0697. The fourth-order valence-electron chi connectivity index (χ4n) is 1.11. The summed E-state index contributed by atoms with van der Waals surface area (Å²) in [4.78, 5) is 10.6. The maximum absolute atomic E-state index is 10.6. The molecule has 2 N–H and O–H groups in total. The number of aromatic carboxylic acids is 1. The van der Waals surface area contributed by atoms with E-state index in [9.17, 15) is 9.90 Å². The van der Waals surface area contributed by atoms with E-state index < -0.39 is 5.97 Å². The smallest absolute Gasteiger partial charge is 0.335 e. The zero-order chi connectivity index (χ0) is 12.1. The van der Waals surface area contributed by atoms with Gasteiger partial charge in [0, 0.05) is 11.0 Å². The third-order valence-electron chi connectivity index (χ3n) is 2.39. The molecule has 1 rings (SSSR count). The molecule has 16 heavy (non-hydrogen) atoms. The Morgan fingerprint density at radius 1 is 1.31 bits per heavy atom.